The van der Waals surface area contributed by atoms with Crippen LogP contribution in [0.1, 0.15) is 51.5 Å². The van der Waals surface area contributed by atoms with Crippen LogP contribution >= 0.6 is 0 Å². The van der Waals surface area contributed by atoms with E-state index in [0.717, 1.165) is 24.0 Å². The van der Waals surface area contributed by atoms with Gasteiger partial charge in [-0.25, -0.2) is 0 Å². The third-order valence-corrected chi connectivity index (χ3v) is 2.89. The van der Waals surface area contributed by atoms with E-state index in [2.05, 4.69) is 6.92 Å². The highest BCUT2D eigenvalue weighted by Crippen LogP contribution is 2.15. The fourth-order valence-corrected chi connectivity index (χ4v) is 1.84. The van der Waals surface area contributed by atoms with Gasteiger partial charge in [-0.2, -0.15) is 0 Å². The summed E-state index contributed by atoms with van der Waals surface area (Å²) >= 11 is 0. The molecule has 0 aromatic heterocycles. The second-order valence-electron chi connectivity index (χ2n) is 4.45. The maximum absolute atomic E-state index is 11.5. The Labute approximate surface area is 105 Å². The molecule has 0 spiro atoms. The van der Waals surface area contributed by atoms with Gasteiger partial charge in [0.15, 0.2) is 5.78 Å². The van der Waals surface area contributed by atoms with Crippen molar-refractivity contribution in [1.82, 2.24) is 0 Å². The third kappa shape index (κ3) is 5.48. The number of ketones is 1. The standard InChI is InChI=1S/C16H22O/c1-3-4-5-9-12-16(14(2)17)13-15-10-7-6-8-11-15/h6-8,10-11,13H,3-5,9,12H2,1-2H3/b16-13+. The summed E-state index contributed by atoms with van der Waals surface area (Å²) < 4.78 is 0. The zero-order valence-electron chi connectivity index (χ0n) is 10.9. The molecule has 0 amide bonds. The van der Waals surface area contributed by atoms with E-state index in [1.165, 1.54) is 19.3 Å². The van der Waals surface area contributed by atoms with Crippen LogP contribution in [0, 0.1) is 0 Å². The summed E-state index contributed by atoms with van der Waals surface area (Å²) in [6, 6.07) is 10.1. The van der Waals surface area contributed by atoms with Gasteiger partial charge in [0.05, 0.1) is 0 Å². The van der Waals surface area contributed by atoms with Crippen LogP contribution in [-0.4, -0.2) is 5.78 Å². The van der Waals surface area contributed by atoms with E-state index in [0.29, 0.717) is 0 Å². The van der Waals surface area contributed by atoms with E-state index in [4.69, 9.17) is 0 Å². The van der Waals surface area contributed by atoms with E-state index in [-0.39, 0.29) is 5.78 Å². The molecule has 0 saturated heterocycles. The van der Waals surface area contributed by atoms with E-state index in [1.807, 2.05) is 36.4 Å². The van der Waals surface area contributed by atoms with Crippen LogP contribution in [-0.2, 0) is 4.79 Å². The Kier molecular flexibility index (Phi) is 6.31. The Hall–Kier alpha value is -1.37. The average Bonchev–Trinajstić information content (AvgIpc) is 2.34. The van der Waals surface area contributed by atoms with Gasteiger partial charge in [0.1, 0.15) is 0 Å². The number of carbonyl (C=O) groups excluding carboxylic acids is 1. The van der Waals surface area contributed by atoms with Crippen molar-refractivity contribution in [2.45, 2.75) is 46.0 Å². The van der Waals surface area contributed by atoms with E-state index < -0.39 is 0 Å². The molecule has 1 rings (SSSR count). The number of rotatable bonds is 7. The van der Waals surface area contributed by atoms with Gasteiger partial charge < -0.3 is 0 Å². The van der Waals surface area contributed by atoms with Gasteiger partial charge in [0.25, 0.3) is 0 Å². The molecule has 0 heterocycles. The smallest absolute Gasteiger partial charge is 0.155 e. The zero-order valence-corrected chi connectivity index (χ0v) is 10.9. The Bertz CT molecular complexity index is 362. The van der Waals surface area contributed by atoms with Gasteiger partial charge in [-0.1, -0.05) is 56.5 Å². The topological polar surface area (TPSA) is 17.1 Å². The van der Waals surface area contributed by atoms with E-state index in [9.17, 15) is 4.79 Å². The number of allylic oxidation sites excluding steroid dienone is 1. The van der Waals surface area contributed by atoms with Gasteiger partial charge in [-0.15, -0.1) is 0 Å². The first kappa shape index (κ1) is 13.7. The summed E-state index contributed by atoms with van der Waals surface area (Å²) in [6.45, 7) is 3.86. The van der Waals surface area contributed by atoms with Crippen molar-refractivity contribution in [3.8, 4) is 0 Å². The molecule has 0 aliphatic carbocycles. The third-order valence-electron chi connectivity index (χ3n) is 2.89. The highest BCUT2D eigenvalue weighted by Gasteiger charge is 2.03. The first-order valence-electron chi connectivity index (χ1n) is 6.50. The van der Waals surface area contributed by atoms with Crippen molar-refractivity contribution in [1.29, 1.82) is 0 Å². The number of benzene rings is 1. The van der Waals surface area contributed by atoms with Crippen LogP contribution in [0.4, 0.5) is 0 Å². The molecule has 1 heteroatoms. The Morgan fingerprint density at radius 3 is 2.41 bits per heavy atom. The molecule has 0 aliphatic heterocycles. The normalized spacial score (nSPS) is 11.5. The number of hydrogen-bond acceptors (Lipinski definition) is 1. The summed E-state index contributed by atoms with van der Waals surface area (Å²) in [5.74, 6) is 0.199. The average molecular weight is 230 g/mol. The van der Waals surface area contributed by atoms with Crippen LogP contribution in [0.2, 0.25) is 0 Å². The summed E-state index contributed by atoms with van der Waals surface area (Å²) in [5.41, 5.74) is 2.07. The minimum absolute atomic E-state index is 0.199. The molecule has 17 heavy (non-hydrogen) atoms. The molecule has 0 fully saturated rings. The van der Waals surface area contributed by atoms with Gasteiger partial charge in [-0.3, -0.25) is 4.79 Å². The molecule has 0 unspecified atom stereocenters. The molecule has 92 valence electrons. The van der Waals surface area contributed by atoms with Crippen molar-refractivity contribution in [3.63, 3.8) is 0 Å². The van der Waals surface area contributed by atoms with Gasteiger partial charge in [0.2, 0.25) is 0 Å². The van der Waals surface area contributed by atoms with Crippen molar-refractivity contribution in [2.75, 3.05) is 0 Å². The highest BCUT2D eigenvalue weighted by atomic mass is 16.1. The van der Waals surface area contributed by atoms with Crippen molar-refractivity contribution >= 4 is 11.9 Å². The number of carbonyl (C=O) groups is 1. The van der Waals surface area contributed by atoms with Crippen LogP contribution < -0.4 is 0 Å². The largest absolute Gasteiger partial charge is 0.295 e. The molecule has 1 nitrogen and oxygen atoms in total. The second kappa shape index (κ2) is 7.83. The molecule has 0 aliphatic rings. The monoisotopic (exact) mass is 230 g/mol. The Morgan fingerprint density at radius 2 is 1.82 bits per heavy atom. The maximum Gasteiger partial charge on any atom is 0.155 e. The SMILES string of the molecule is CCCCCC/C(=C\c1ccccc1)C(C)=O. The molecule has 1 aromatic rings. The number of unbranched alkanes of at least 4 members (excludes halogenated alkanes) is 3. The van der Waals surface area contributed by atoms with Crippen molar-refractivity contribution < 1.29 is 4.79 Å². The Balaban J connectivity index is 2.60. The quantitative estimate of drug-likeness (QED) is 0.493. The van der Waals surface area contributed by atoms with Gasteiger partial charge in [0, 0.05) is 0 Å². The minimum atomic E-state index is 0.199. The van der Waals surface area contributed by atoms with Crippen LogP contribution in [0.15, 0.2) is 35.9 Å². The first-order valence-corrected chi connectivity index (χ1v) is 6.50. The van der Waals surface area contributed by atoms with Gasteiger partial charge in [-0.05, 0) is 37.0 Å². The molecular formula is C16H22O. The number of Topliss-reactive ketones (excluding diaryl/α,β-unsaturated/α-hetero) is 1. The number of hydrogen-bond donors (Lipinski definition) is 0. The lowest BCUT2D eigenvalue weighted by molar-refractivity contribution is -0.113. The molecular weight excluding hydrogens is 208 g/mol. The summed E-state index contributed by atoms with van der Waals surface area (Å²) in [4.78, 5) is 11.5. The summed E-state index contributed by atoms with van der Waals surface area (Å²) in [6.07, 6.45) is 7.76. The second-order valence-corrected chi connectivity index (χ2v) is 4.45. The first-order chi connectivity index (χ1) is 8.24. The fraction of sp³-hybridized carbons (Fsp3) is 0.438. The van der Waals surface area contributed by atoms with Crippen LogP contribution in [0.25, 0.3) is 6.08 Å². The van der Waals surface area contributed by atoms with Gasteiger partial charge >= 0.3 is 0 Å². The highest BCUT2D eigenvalue weighted by molar-refractivity contribution is 5.97. The lowest BCUT2D eigenvalue weighted by Gasteiger charge is -2.04. The summed E-state index contributed by atoms with van der Waals surface area (Å²) in [5, 5.41) is 0. The maximum atomic E-state index is 11.5. The predicted octanol–water partition coefficient (Wildman–Crippen LogP) is 4.63. The van der Waals surface area contributed by atoms with Crippen LogP contribution in [0.3, 0.4) is 0 Å². The van der Waals surface area contributed by atoms with Crippen LogP contribution in [0.5, 0.6) is 0 Å². The fourth-order valence-electron chi connectivity index (χ4n) is 1.84. The predicted molar refractivity (Wildman–Crippen MR) is 73.9 cm³/mol. The van der Waals surface area contributed by atoms with E-state index in [1.54, 1.807) is 6.92 Å². The van der Waals surface area contributed by atoms with Crippen molar-refractivity contribution in [2.24, 2.45) is 0 Å². The molecule has 0 N–H and O–H groups in total. The summed E-state index contributed by atoms with van der Waals surface area (Å²) in [7, 11) is 0. The lowest BCUT2D eigenvalue weighted by atomic mass is 10.0. The lowest BCUT2D eigenvalue weighted by Crippen LogP contribution is -1.96. The molecule has 0 atom stereocenters. The Morgan fingerprint density at radius 1 is 1.12 bits per heavy atom. The molecule has 0 radical (unpaired) electrons. The molecule has 0 bridgehead atoms. The molecule has 1 aromatic carbocycles. The van der Waals surface area contributed by atoms with Crippen molar-refractivity contribution in [3.05, 3.63) is 41.5 Å². The molecule has 0 saturated carbocycles. The van der Waals surface area contributed by atoms with E-state index >= 15 is 0 Å². The minimum Gasteiger partial charge on any atom is -0.295 e. The zero-order chi connectivity index (χ0) is 12.5.